The third kappa shape index (κ3) is 2.02. The van der Waals surface area contributed by atoms with E-state index in [2.05, 4.69) is 18.4 Å². The summed E-state index contributed by atoms with van der Waals surface area (Å²) in [6, 6.07) is 8.31. The topological polar surface area (TPSA) is 26.3 Å². The Bertz CT molecular complexity index is 376. The highest BCUT2D eigenvalue weighted by molar-refractivity contribution is 7.98. The van der Waals surface area contributed by atoms with Crippen molar-refractivity contribution in [2.24, 2.45) is 0 Å². The van der Waals surface area contributed by atoms with Crippen LogP contribution in [0.25, 0.3) is 0 Å². The Kier molecular flexibility index (Phi) is 3.00. The van der Waals surface area contributed by atoms with Gasteiger partial charge in [0.2, 0.25) is 0 Å². The molecule has 0 heterocycles. The van der Waals surface area contributed by atoms with E-state index in [1.165, 1.54) is 18.1 Å². The molecule has 0 aliphatic heterocycles. The molecule has 0 aromatic heterocycles. The summed E-state index contributed by atoms with van der Waals surface area (Å²) >= 11 is 1.75. The van der Waals surface area contributed by atoms with E-state index in [9.17, 15) is 4.79 Å². The van der Waals surface area contributed by atoms with Gasteiger partial charge in [-0.15, -0.1) is 0 Å². The van der Waals surface area contributed by atoms with E-state index >= 15 is 0 Å². The highest BCUT2D eigenvalue weighted by atomic mass is 32.2. The molecular weight excluding hydrogens is 208 g/mol. The van der Waals surface area contributed by atoms with Gasteiger partial charge in [0.25, 0.3) is 0 Å². The second-order valence-electron chi connectivity index (χ2n) is 3.71. The van der Waals surface area contributed by atoms with Gasteiger partial charge >= 0.3 is 5.97 Å². The minimum Gasteiger partial charge on any atom is -0.461 e. The van der Waals surface area contributed by atoms with Crippen molar-refractivity contribution < 1.29 is 9.53 Å². The van der Waals surface area contributed by atoms with Gasteiger partial charge in [-0.25, -0.2) is 0 Å². The molecule has 0 amide bonds. The van der Waals surface area contributed by atoms with Crippen LogP contribution in [0.4, 0.5) is 0 Å². The predicted octanol–water partition coefficient (Wildman–Crippen LogP) is 2.58. The van der Waals surface area contributed by atoms with Crippen molar-refractivity contribution >= 4 is 17.7 Å². The number of fused-ring (bicyclic) bond motifs is 1. The molecule has 80 valence electrons. The second kappa shape index (κ2) is 4.27. The largest absolute Gasteiger partial charge is 0.461 e. The molecule has 2 atom stereocenters. The fourth-order valence-corrected chi connectivity index (χ4v) is 3.06. The van der Waals surface area contributed by atoms with E-state index in [0.29, 0.717) is 5.25 Å². The van der Waals surface area contributed by atoms with Crippen molar-refractivity contribution in [2.45, 2.75) is 24.7 Å². The van der Waals surface area contributed by atoms with Crippen LogP contribution < -0.4 is 0 Å². The number of ether oxygens (including phenoxy) is 1. The first kappa shape index (κ1) is 10.6. The van der Waals surface area contributed by atoms with E-state index in [0.717, 1.165) is 6.42 Å². The zero-order valence-corrected chi connectivity index (χ0v) is 9.71. The third-order valence-corrected chi connectivity index (χ3v) is 3.76. The Morgan fingerprint density at radius 1 is 1.47 bits per heavy atom. The summed E-state index contributed by atoms with van der Waals surface area (Å²) < 4.78 is 5.34. The van der Waals surface area contributed by atoms with Gasteiger partial charge in [-0.05, 0) is 17.4 Å². The fraction of sp³-hybridized carbons (Fsp3) is 0.417. The van der Waals surface area contributed by atoms with Crippen LogP contribution in [-0.2, 0) is 16.0 Å². The molecule has 0 radical (unpaired) electrons. The molecule has 2 nitrogen and oxygen atoms in total. The minimum absolute atomic E-state index is 0.00917. The zero-order valence-electron chi connectivity index (χ0n) is 8.90. The lowest BCUT2D eigenvalue weighted by Crippen LogP contribution is -2.19. The molecule has 1 aliphatic rings. The first-order valence-electron chi connectivity index (χ1n) is 5.00. The molecule has 0 N–H and O–H groups in total. The van der Waals surface area contributed by atoms with Crippen LogP contribution in [0.1, 0.15) is 23.3 Å². The van der Waals surface area contributed by atoms with Gasteiger partial charge in [0, 0.05) is 13.3 Å². The summed E-state index contributed by atoms with van der Waals surface area (Å²) in [5.41, 5.74) is 2.62. The molecule has 0 fully saturated rings. The number of hydrogen-bond acceptors (Lipinski definition) is 3. The van der Waals surface area contributed by atoms with Crippen LogP contribution in [0.15, 0.2) is 24.3 Å². The summed E-state index contributed by atoms with van der Waals surface area (Å²) in [5.74, 6) is -0.188. The first-order chi connectivity index (χ1) is 7.22. The van der Waals surface area contributed by atoms with Crippen molar-refractivity contribution in [2.75, 3.05) is 6.26 Å². The number of thioether (sulfide) groups is 1. The summed E-state index contributed by atoms with van der Waals surface area (Å²) in [5, 5.41) is 0.296. The van der Waals surface area contributed by atoms with E-state index in [1.807, 2.05) is 12.1 Å². The first-order valence-corrected chi connectivity index (χ1v) is 6.29. The van der Waals surface area contributed by atoms with Gasteiger partial charge in [-0.3, -0.25) is 4.79 Å². The number of carbonyl (C=O) groups is 1. The van der Waals surface area contributed by atoms with Gasteiger partial charge in [0.15, 0.2) is 0 Å². The van der Waals surface area contributed by atoms with Crippen LogP contribution >= 0.6 is 11.8 Å². The molecule has 2 rings (SSSR count). The SMILES string of the molecule is CSC1c2ccccc2CC1OC(C)=O. The Hall–Kier alpha value is -0.960. The number of carbonyl (C=O) groups excluding carboxylic acids is 1. The van der Waals surface area contributed by atoms with Crippen LogP contribution in [0, 0.1) is 0 Å². The predicted molar refractivity (Wildman–Crippen MR) is 62.0 cm³/mol. The van der Waals surface area contributed by atoms with Gasteiger partial charge in [-0.1, -0.05) is 24.3 Å². The highest BCUT2D eigenvalue weighted by Gasteiger charge is 2.33. The molecule has 0 bridgehead atoms. The number of rotatable bonds is 2. The summed E-state index contributed by atoms with van der Waals surface area (Å²) in [7, 11) is 0. The zero-order chi connectivity index (χ0) is 10.8. The summed E-state index contributed by atoms with van der Waals surface area (Å²) in [6.45, 7) is 1.47. The van der Waals surface area contributed by atoms with Crippen LogP contribution in [0.2, 0.25) is 0 Å². The smallest absolute Gasteiger partial charge is 0.302 e. The Morgan fingerprint density at radius 2 is 2.20 bits per heavy atom. The molecule has 0 saturated heterocycles. The fourth-order valence-electron chi connectivity index (χ4n) is 2.12. The number of esters is 1. The summed E-state index contributed by atoms with van der Waals surface area (Å²) in [6.07, 6.45) is 2.92. The van der Waals surface area contributed by atoms with Gasteiger partial charge in [-0.2, -0.15) is 11.8 Å². The Labute approximate surface area is 94.0 Å². The molecular formula is C12H14O2S. The average Bonchev–Trinajstić information content (AvgIpc) is 2.53. The Morgan fingerprint density at radius 3 is 2.87 bits per heavy atom. The second-order valence-corrected chi connectivity index (χ2v) is 4.69. The van der Waals surface area contributed by atoms with Crippen molar-refractivity contribution in [1.29, 1.82) is 0 Å². The molecule has 15 heavy (non-hydrogen) atoms. The van der Waals surface area contributed by atoms with E-state index in [-0.39, 0.29) is 12.1 Å². The molecule has 0 spiro atoms. The van der Waals surface area contributed by atoms with E-state index < -0.39 is 0 Å². The van der Waals surface area contributed by atoms with Crippen LogP contribution in [0.5, 0.6) is 0 Å². The van der Waals surface area contributed by atoms with Crippen molar-refractivity contribution in [3.63, 3.8) is 0 Å². The number of hydrogen-bond donors (Lipinski definition) is 0. The highest BCUT2D eigenvalue weighted by Crippen LogP contribution is 2.41. The standard InChI is InChI=1S/C12H14O2S/c1-8(13)14-11-7-9-5-3-4-6-10(9)12(11)15-2/h3-6,11-12H,7H2,1-2H3. The number of benzene rings is 1. The summed E-state index contributed by atoms with van der Waals surface area (Å²) in [4.78, 5) is 11.0. The maximum absolute atomic E-state index is 11.0. The lowest BCUT2D eigenvalue weighted by Gasteiger charge is -2.17. The van der Waals surface area contributed by atoms with Crippen molar-refractivity contribution in [3.8, 4) is 0 Å². The quantitative estimate of drug-likeness (QED) is 0.719. The lowest BCUT2D eigenvalue weighted by atomic mass is 10.1. The van der Waals surface area contributed by atoms with Gasteiger partial charge in [0.1, 0.15) is 6.10 Å². The van der Waals surface area contributed by atoms with Crippen LogP contribution in [0.3, 0.4) is 0 Å². The maximum atomic E-state index is 11.0. The van der Waals surface area contributed by atoms with Crippen LogP contribution in [-0.4, -0.2) is 18.3 Å². The molecule has 1 aromatic rings. The van der Waals surface area contributed by atoms with Crippen molar-refractivity contribution in [3.05, 3.63) is 35.4 Å². The lowest BCUT2D eigenvalue weighted by molar-refractivity contribution is -0.145. The van der Waals surface area contributed by atoms with Gasteiger partial charge in [0.05, 0.1) is 5.25 Å². The van der Waals surface area contributed by atoms with Gasteiger partial charge < -0.3 is 4.74 Å². The van der Waals surface area contributed by atoms with E-state index in [4.69, 9.17) is 4.74 Å². The third-order valence-electron chi connectivity index (χ3n) is 2.69. The molecule has 3 heteroatoms. The van der Waals surface area contributed by atoms with E-state index in [1.54, 1.807) is 11.8 Å². The minimum atomic E-state index is -0.188. The molecule has 1 aromatic carbocycles. The molecule has 0 saturated carbocycles. The molecule has 1 aliphatic carbocycles. The normalized spacial score (nSPS) is 23.6. The van der Waals surface area contributed by atoms with Crippen molar-refractivity contribution in [1.82, 2.24) is 0 Å². The average molecular weight is 222 g/mol. The maximum Gasteiger partial charge on any atom is 0.302 e. The molecule has 2 unspecified atom stereocenters. The monoisotopic (exact) mass is 222 g/mol. The Balaban J connectivity index is 2.24.